The molecule has 0 aliphatic rings. The molecule has 0 spiro atoms. The van der Waals surface area contributed by atoms with Crippen LogP contribution in [0, 0.1) is 0 Å². The van der Waals surface area contributed by atoms with Gasteiger partial charge in [-0.05, 0) is 22.9 Å². The monoisotopic (exact) mass is 227 g/mol. The number of carbonyl (C=O) groups excluding carboxylic acids is 1. The summed E-state index contributed by atoms with van der Waals surface area (Å²) in [6, 6.07) is 2.01. The van der Waals surface area contributed by atoms with Crippen molar-refractivity contribution in [3.05, 3.63) is 21.9 Å². The second-order valence-electron chi connectivity index (χ2n) is 3.61. The smallest absolute Gasteiger partial charge is 0.261 e. The molecule has 1 amide bonds. The van der Waals surface area contributed by atoms with Crippen LogP contribution in [-0.4, -0.2) is 26.2 Å². The van der Waals surface area contributed by atoms with Gasteiger partial charge in [0.2, 0.25) is 0 Å². The van der Waals surface area contributed by atoms with Crippen molar-refractivity contribution in [3.63, 3.8) is 0 Å². The van der Waals surface area contributed by atoms with Crippen LogP contribution in [0.3, 0.4) is 0 Å². The van der Waals surface area contributed by atoms with E-state index in [9.17, 15) is 4.79 Å². The third kappa shape index (κ3) is 3.32. The minimum absolute atomic E-state index is 0.00532. The van der Waals surface area contributed by atoms with Crippen LogP contribution in [0.5, 0.6) is 0 Å². The van der Waals surface area contributed by atoms with Crippen molar-refractivity contribution in [1.29, 1.82) is 0 Å². The summed E-state index contributed by atoms with van der Waals surface area (Å²) in [5.74, 6) is 0.394. The molecule has 0 fully saturated rings. The Hall–Kier alpha value is -0.870. The van der Waals surface area contributed by atoms with Crippen LogP contribution < -0.4 is 5.32 Å². The summed E-state index contributed by atoms with van der Waals surface area (Å²) in [6.07, 6.45) is 0. The summed E-state index contributed by atoms with van der Waals surface area (Å²) >= 11 is 1.49. The second-order valence-corrected chi connectivity index (χ2v) is 4.52. The predicted octanol–water partition coefficient (Wildman–Crippen LogP) is 2.25. The highest BCUT2D eigenvalue weighted by Crippen LogP contribution is 2.24. The van der Waals surface area contributed by atoms with E-state index >= 15 is 0 Å². The molecule has 4 heteroatoms. The number of hydrogen-bond acceptors (Lipinski definition) is 3. The first-order valence-corrected chi connectivity index (χ1v) is 5.89. The van der Waals surface area contributed by atoms with E-state index in [4.69, 9.17) is 4.74 Å². The highest BCUT2D eigenvalue weighted by molar-refractivity contribution is 7.12. The van der Waals surface area contributed by atoms with Gasteiger partial charge in [-0.2, -0.15) is 0 Å². The second kappa shape index (κ2) is 5.88. The lowest BCUT2D eigenvalue weighted by molar-refractivity contribution is 0.0940. The summed E-state index contributed by atoms with van der Waals surface area (Å²) in [4.78, 5) is 12.6. The molecule has 0 radical (unpaired) electrons. The van der Waals surface area contributed by atoms with Gasteiger partial charge in [0.05, 0.1) is 11.5 Å². The van der Waals surface area contributed by atoms with E-state index in [1.165, 1.54) is 11.3 Å². The van der Waals surface area contributed by atoms with Gasteiger partial charge in [0, 0.05) is 13.7 Å². The number of methoxy groups -OCH3 is 1. The Bertz CT molecular complexity index is 320. The molecular formula is C11H17NO2S. The van der Waals surface area contributed by atoms with Crippen molar-refractivity contribution >= 4 is 17.2 Å². The topological polar surface area (TPSA) is 38.3 Å². The van der Waals surface area contributed by atoms with Gasteiger partial charge in [-0.25, -0.2) is 0 Å². The Morgan fingerprint density at radius 2 is 2.33 bits per heavy atom. The summed E-state index contributed by atoms with van der Waals surface area (Å²) in [5, 5.41) is 4.79. The van der Waals surface area contributed by atoms with Gasteiger partial charge in [-0.15, -0.1) is 11.3 Å². The van der Waals surface area contributed by atoms with Gasteiger partial charge in [-0.1, -0.05) is 13.8 Å². The summed E-state index contributed by atoms with van der Waals surface area (Å²) in [6.45, 7) is 5.29. The molecule has 0 atom stereocenters. The maximum Gasteiger partial charge on any atom is 0.261 e. The Kier molecular flexibility index (Phi) is 4.78. The van der Waals surface area contributed by atoms with E-state index in [0.29, 0.717) is 19.1 Å². The molecular weight excluding hydrogens is 210 g/mol. The summed E-state index contributed by atoms with van der Waals surface area (Å²) in [7, 11) is 1.62. The average Bonchev–Trinajstić information content (AvgIpc) is 2.66. The fourth-order valence-corrected chi connectivity index (χ4v) is 2.28. The molecule has 1 N–H and O–H groups in total. The lowest BCUT2D eigenvalue weighted by Crippen LogP contribution is -2.27. The molecule has 0 aromatic carbocycles. The lowest BCUT2D eigenvalue weighted by Gasteiger charge is -2.07. The molecule has 0 saturated carbocycles. The van der Waals surface area contributed by atoms with E-state index < -0.39 is 0 Å². The fourth-order valence-electron chi connectivity index (χ4n) is 1.31. The first kappa shape index (κ1) is 12.2. The number of thiophene rings is 1. The molecule has 1 aromatic rings. The van der Waals surface area contributed by atoms with Crippen LogP contribution in [0.1, 0.15) is 35.0 Å². The van der Waals surface area contributed by atoms with Crippen molar-refractivity contribution in [3.8, 4) is 0 Å². The number of carbonyl (C=O) groups is 1. The zero-order valence-electron chi connectivity index (χ0n) is 9.37. The Balaban J connectivity index is 2.61. The van der Waals surface area contributed by atoms with Crippen LogP contribution in [0.4, 0.5) is 0 Å². The Morgan fingerprint density at radius 1 is 1.60 bits per heavy atom. The molecule has 0 unspecified atom stereocenters. The molecule has 1 aromatic heterocycles. The van der Waals surface area contributed by atoms with E-state index in [2.05, 4.69) is 19.2 Å². The number of nitrogens with one attached hydrogen (secondary N) is 1. The summed E-state index contributed by atoms with van der Waals surface area (Å²) in [5.41, 5.74) is 1.12. The first-order chi connectivity index (χ1) is 7.16. The zero-order valence-corrected chi connectivity index (χ0v) is 10.2. The number of ether oxygens (including phenoxy) is 1. The first-order valence-electron chi connectivity index (χ1n) is 5.01. The van der Waals surface area contributed by atoms with Gasteiger partial charge >= 0.3 is 0 Å². The van der Waals surface area contributed by atoms with Crippen LogP contribution in [-0.2, 0) is 4.74 Å². The average molecular weight is 227 g/mol. The van der Waals surface area contributed by atoms with Crippen LogP contribution >= 0.6 is 11.3 Å². The minimum atomic E-state index is 0.00532. The zero-order chi connectivity index (χ0) is 11.3. The van der Waals surface area contributed by atoms with E-state index in [-0.39, 0.29) is 5.91 Å². The molecule has 1 rings (SSSR count). The largest absolute Gasteiger partial charge is 0.383 e. The minimum Gasteiger partial charge on any atom is -0.383 e. The standard InChI is InChI=1S/C11H17NO2S/c1-8(2)9-4-7-15-10(9)11(13)12-5-6-14-3/h4,7-8H,5-6H2,1-3H3,(H,12,13). The highest BCUT2D eigenvalue weighted by Gasteiger charge is 2.14. The van der Waals surface area contributed by atoms with Crippen molar-refractivity contribution < 1.29 is 9.53 Å². The fraction of sp³-hybridized carbons (Fsp3) is 0.545. The van der Waals surface area contributed by atoms with Crippen molar-refractivity contribution in [2.75, 3.05) is 20.3 Å². The van der Waals surface area contributed by atoms with Gasteiger partial charge in [0.15, 0.2) is 0 Å². The normalized spacial score (nSPS) is 10.7. The van der Waals surface area contributed by atoms with Gasteiger partial charge < -0.3 is 10.1 Å². The van der Waals surface area contributed by atoms with Crippen molar-refractivity contribution in [2.45, 2.75) is 19.8 Å². The highest BCUT2D eigenvalue weighted by atomic mass is 32.1. The maximum absolute atomic E-state index is 11.7. The number of hydrogen-bond donors (Lipinski definition) is 1. The van der Waals surface area contributed by atoms with Crippen LogP contribution in [0.25, 0.3) is 0 Å². The van der Waals surface area contributed by atoms with Crippen molar-refractivity contribution in [1.82, 2.24) is 5.32 Å². The number of rotatable bonds is 5. The van der Waals surface area contributed by atoms with Gasteiger partial charge in [0.1, 0.15) is 0 Å². The lowest BCUT2D eigenvalue weighted by atomic mass is 10.0. The van der Waals surface area contributed by atoms with Crippen LogP contribution in [0.2, 0.25) is 0 Å². The third-order valence-corrected chi connectivity index (χ3v) is 3.04. The molecule has 0 aliphatic heterocycles. The van der Waals surface area contributed by atoms with E-state index in [1.54, 1.807) is 7.11 Å². The van der Waals surface area contributed by atoms with E-state index in [0.717, 1.165) is 10.4 Å². The third-order valence-electron chi connectivity index (χ3n) is 2.12. The summed E-state index contributed by atoms with van der Waals surface area (Å²) < 4.78 is 4.88. The molecule has 15 heavy (non-hydrogen) atoms. The van der Waals surface area contributed by atoms with E-state index in [1.807, 2.05) is 11.4 Å². The molecule has 0 bridgehead atoms. The molecule has 84 valence electrons. The predicted molar refractivity (Wildman–Crippen MR) is 62.6 cm³/mol. The molecule has 0 aliphatic carbocycles. The molecule has 1 heterocycles. The SMILES string of the molecule is COCCNC(=O)c1sccc1C(C)C. The molecule has 3 nitrogen and oxygen atoms in total. The molecule has 0 saturated heterocycles. The Morgan fingerprint density at radius 3 is 2.93 bits per heavy atom. The Labute approximate surface area is 94.5 Å². The van der Waals surface area contributed by atoms with Crippen molar-refractivity contribution in [2.24, 2.45) is 0 Å². The van der Waals surface area contributed by atoms with Gasteiger partial charge in [0.25, 0.3) is 5.91 Å². The quantitative estimate of drug-likeness (QED) is 0.783. The maximum atomic E-state index is 11.7. The number of amides is 1. The van der Waals surface area contributed by atoms with Gasteiger partial charge in [-0.3, -0.25) is 4.79 Å². The van der Waals surface area contributed by atoms with Crippen LogP contribution in [0.15, 0.2) is 11.4 Å².